The molecule has 14 heavy (non-hydrogen) atoms. The first-order valence-corrected chi connectivity index (χ1v) is 3.96. The number of ether oxygens (including phenoxy) is 1. The molecule has 4 nitrogen and oxygen atoms in total. The van der Waals surface area contributed by atoms with E-state index in [1.165, 1.54) is 19.2 Å². The molecule has 0 aliphatic rings. The fourth-order valence-electron chi connectivity index (χ4n) is 0.681. The van der Waals surface area contributed by atoms with E-state index in [4.69, 9.17) is 11.6 Å². The highest BCUT2D eigenvalue weighted by Crippen LogP contribution is 2.15. The Morgan fingerprint density at radius 1 is 1.64 bits per heavy atom. The number of nitrogens with zero attached hydrogens (tertiary/aromatic N) is 1. The Morgan fingerprint density at radius 3 is 3.00 bits per heavy atom. The molecule has 0 aromatic carbocycles. The number of methoxy groups -OCH3 is 1. The lowest BCUT2D eigenvalue weighted by Crippen LogP contribution is -1.95. The van der Waals surface area contributed by atoms with Crippen molar-refractivity contribution < 1.29 is 14.6 Å². The summed E-state index contributed by atoms with van der Waals surface area (Å²) in [5, 5.41) is 9.44. The van der Waals surface area contributed by atoms with Crippen LogP contribution in [0.3, 0.4) is 0 Å². The van der Waals surface area contributed by atoms with E-state index in [1.807, 2.05) is 0 Å². The van der Waals surface area contributed by atoms with Crippen molar-refractivity contribution in [1.29, 1.82) is 0 Å². The Hall–Kier alpha value is -1.73. The van der Waals surface area contributed by atoms with Gasteiger partial charge in [0.1, 0.15) is 10.9 Å². The number of pyridine rings is 1. The van der Waals surface area contributed by atoms with E-state index in [2.05, 4.69) is 21.6 Å². The van der Waals surface area contributed by atoms with Crippen LogP contribution in [-0.2, 0) is 9.53 Å². The molecule has 1 N–H and O–H groups in total. The Bertz CT molecular complexity index is 420. The van der Waals surface area contributed by atoms with Crippen molar-refractivity contribution in [1.82, 2.24) is 4.98 Å². The van der Waals surface area contributed by atoms with Crippen LogP contribution >= 0.6 is 11.6 Å². The number of aromatic nitrogens is 1. The Labute approximate surface area is 85.5 Å². The van der Waals surface area contributed by atoms with Gasteiger partial charge in [0.15, 0.2) is 5.69 Å². The van der Waals surface area contributed by atoms with Crippen molar-refractivity contribution >= 4 is 17.6 Å². The van der Waals surface area contributed by atoms with E-state index in [0.29, 0.717) is 0 Å². The number of esters is 1. The molecule has 0 radical (unpaired) electrons. The molecular formula is C9H6ClNO3. The maximum atomic E-state index is 10.6. The van der Waals surface area contributed by atoms with Crippen LogP contribution in [0.25, 0.3) is 0 Å². The van der Waals surface area contributed by atoms with Gasteiger partial charge in [-0.15, -0.1) is 0 Å². The molecule has 1 rings (SSSR count). The molecule has 0 aliphatic heterocycles. The molecule has 0 amide bonds. The van der Waals surface area contributed by atoms with Gasteiger partial charge in [0, 0.05) is 5.92 Å². The first-order valence-electron chi connectivity index (χ1n) is 3.59. The summed E-state index contributed by atoms with van der Waals surface area (Å²) in [6.45, 7) is 0. The molecule has 5 heteroatoms. The van der Waals surface area contributed by atoms with Gasteiger partial charge < -0.3 is 9.84 Å². The molecule has 0 bridgehead atoms. The standard InChI is InChI=1S/C9H6ClNO3/c1-14-9(13)5-2-6-7(12)3-4-8(10)11-6/h3-4,12H,1H3. The average Bonchev–Trinajstić information content (AvgIpc) is 2.19. The zero-order valence-electron chi connectivity index (χ0n) is 7.24. The van der Waals surface area contributed by atoms with E-state index < -0.39 is 5.97 Å². The second-order valence-electron chi connectivity index (χ2n) is 2.24. The summed E-state index contributed by atoms with van der Waals surface area (Å²) in [5.41, 5.74) is 0.0444. The molecule has 1 aromatic rings. The smallest absolute Gasteiger partial charge is 0.384 e. The summed E-state index contributed by atoms with van der Waals surface area (Å²) >= 11 is 5.56. The van der Waals surface area contributed by atoms with Crippen LogP contribution in [0.15, 0.2) is 12.1 Å². The molecule has 0 saturated heterocycles. The zero-order chi connectivity index (χ0) is 10.6. The third-order valence-electron chi connectivity index (χ3n) is 1.31. The zero-order valence-corrected chi connectivity index (χ0v) is 8.00. The number of aromatic hydroxyl groups is 1. The first kappa shape index (κ1) is 10.4. The van der Waals surface area contributed by atoms with Gasteiger partial charge in [-0.1, -0.05) is 11.6 Å². The molecular weight excluding hydrogens is 206 g/mol. The van der Waals surface area contributed by atoms with Crippen molar-refractivity contribution in [3.63, 3.8) is 0 Å². The molecule has 72 valence electrons. The van der Waals surface area contributed by atoms with Gasteiger partial charge in [-0.2, -0.15) is 0 Å². The quantitative estimate of drug-likeness (QED) is 0.395. The van der Waals surface area contributed by atoms with Crippen LogP contribution in [0, 0.1) is 11.8 Å². The van der Waals surface area contributed by atoms with Crippen molar-refractivity contribution in [2.24, 2.45) is 0 Å². The monoisotopic (exact) mass is 211 g/mol. The predicted octanol–water partition coefficient (Wildman–Crippen LogP) is 0.965. The van der Waals surface area contributed by atoms with Gasteiger partial charge in [-0.25, -0.2) is 9.78 Å². The van der Waals surface area contributed by atoms with Crippen LogP contribution < -0.4 is 0 Å². The number of halogens is 1. The van der Waals surface area contributed by atoms with Crippen LogP contribution in [-0.4, -0.2) is 23.2 Å². The van der Waals surface area contributed by atoms with Crippen LogP contribution in [0.1, 0.15) is 5.69 Å². The number of hydrogen-bond donors (Lipinski definition) is 1. The van der Waals surface area contributed by atoms with Crippen LogP contribution in [0.5, 0.6) is 5.75 Å². The number of hydrogen-bond acceptors (Lipinski definition) is 4. The third kappa shape index (κ3) is 2.64. The average molecular weight is 212 g/mol. The normalized spacial score (nSPS) is 8.71. The first-order chi connectivity index (χ1) is 6.63. The minimum Gasteiger partial charge on any atom is -0.505 e. The third-order valence-corrected chi connectivity index (χ3v) is 1.52. The van der Waals surface area contributed by atoms with Crippen molar-refractivity contribution in [3.8, 4) is 17.6 Å². The highest BCUT2D eigenvalue weighted by Gasteiger charge is 2.00. The predicted molar refractivity (Wildman–Crippen MR) is 49.8 cm³/mol. The molecule has 1 heterocycles. The fraction of sp³-hybridized carbons (Fsp3) is 0.111. The summed E-state index contributed by atoms with van der Waals surface area (Å²) in [6, 6.07) is 2.76. The lowest BCUT2D eigenvalue weighted by atomic mass is 10.3. The molecule has 0 spiro atoms. The van der Waals surface area contributed by atoms with E-state index in [0.717, 1.165) is 0 Å². The largest absolute Gasteiger partial charge is 0.505 e. The molecule has 1 aromatic heterocycles. The summed E-state index contributed by atoms with van der Waals surface area (Å²) in [6.07, 6.45) is 0. The van der Waals surface area contributed by atoms with E-state index in [9.17, 15) is 9.90 Å². The second-order valence-corrected chi connectivity index (χ2v) is 2.63. The summed E-state index contributed by atoms with van der Waals surface area (Å²) < 4.78 is 4.29. The Morgan fingerprint density at radius 2 is 2.36 bits per heavy atom. The fourth-order valence-corrected chi connectivity index (χ4v) is 0.829. The lowest BCUT2D eigenvalue weighted by Gasteiger charge is -1.95. The minimum absolute atomic E-state index is 0.0444. The topological polar surface area (TPSA) is 59.4 Å². The van der Waals surface area contributed by atoms with Crippen molar-refractivity contribution in [3.05, 3.63) is 23.0 Å². The maximum absolute atomic E-state index is 10.6. The Kier molecular flexibility index (Phi) is 3.32. The number of carbonyl (C=O) groups is 1. The highest BCUT2D eigenvalue weighted by atomic mass is 35.5. The van der Waals surface area contributed by atoms with Gasteiger partial charge in [-0.05, 0) is 18.1 Å². The Balaban J connectivity index is 3.00. The second kappa shape index (κ2) is 4.49. The SMILES string of the molecule is COC(=O)C#Cc1nc(Cl)ccc1O. The summed E-state index contributed by atoms with van der Waals surface area (Å²) in [4.78, 5) is 14.4. The minimum atomic E-state index is -0.703. The van der Waals surface area contributed by atoms with Gasteiger partial charge in [0.2, 0.25) is 0 Å². The highest BCUT2D eigenvalue weighted by molar-refractivity contribution is 6.29. The van der Waals surface area contributed by atoms with Crippen molar-refractivity contribution in [2.75, 3.05) is 7.11 Å². The molecule has 0 atom stereocenters. The van der Waals surface area contributed by atoms with E-state index in [-0.39, 0.29) is 16.6 Å². The molecule has 0 unspecified atom stereocenters. The number of rotatable bonds is 0. The lowest BCUT2D eigenvalue weighted by molar-refractivity contribution is -0.133. The van der Waals surface area contributed by atoms with Crippen LogP contribution in [0.4, 0.5) is 0 Å². The van der Waals surface area contributed by atoms with Gasteiger partial charge >= 0.3 is 5.97 Å². The molecule has 0 aliphatic carbocycles. The van der Waals surface area contributed by atoms with E-state index >= 15 is 0 Å². The van der Waals surface area contributed by atoms with Gasteiger partial charge in [-0.3, -0.25) is 0 Å². The maximum Gasteiger partial charge on any atom is 0.384 e. The molecule has 0 fully saturated rings. The summed E-state index contributed by atoms with van der Waals surface area (Å²) in [5.74, 6) is 3.62. The van der Waals surface area contributed by atoms with Gasteiger partial charge in [0.25, 0.3) is 0 Å². The van der Waals surface area contributed by atoms with E-state index in [1.54, 1.807) is 0 Å². The summed E-state index contributed by atoms with van der Waals surface area (Å²) in [7, 11) is 1.21. The van der Waals surface area contributed by atoms with Crippen LogP contribution in [0.2, 0.25) is 5.15 Å². The molecule has 0 saturated carbocycles. The van der Waals surface area contributed by atoms with Crippen molar-refractivity contribution in [2.45, 2.75) is 0 Å². The number of carbonyl (C=O) groups excluding carboxylic acids is 1. The van der Waals surface area contributed by atoms with Gasteiger partial charge in [0.05, 0.1) is 7.11 Å².